The highest BCUT2D eigenvalue weighted by molar-refractivity contribution is 6.30. The van der Waals surface area contributed by atoms with Crippen molar-refractivity contribution in [3.05, 3.63) is 40.4 Å². The van der Waals surface area contributed by atoms with Crippen LogP contribution < -0.4 is 0 Å². The highest BCUT2D eigenvalue weighted by Gasteiger charge is 1.95. The molecule has 0 saturated heterocycles. The Bertz CT molecular complexity index is 365. The summed E-state index contributed by atoms with van der Waals surface area (Å²) >= 11 is 5.75. The number of oxime groups is 1. The topological polar surface area (TPSA) is 32.6 Å². The van der Waals surface area contributed by atoms with Gasteiger partial charge in [0.15, 0.2) is 0 Å². The van der Waals surface area contributed by atoms with Crippen molar-refractivity contribution in [1.29, 1.82) is 0 Å². The maximum absolute atomic E-state index is 8.55. The Hall–Kier alpha value is -1.28. The lowest BCUT2D eigenvalue weighted by molar-refractivity contribution is 0.319. The Labute approximate surface area is 88.5 Å². The molecule has 0 fully saturated rings. The zero-order valence-corrected chi connectivity index (χ0v) is 8.92. The molecule has 0 atom stereocenters. The number of halogens is 1. The zero-order valence-electron chi connectivity index (χ0n) is 8.16. The summed E-state index contributed by atoms with van der Waals surface area (Å²) in [6, 6.07) is 7.48. The van der Waals surface area contributed by atoms with Crippen molar-refractivity contribution in [2.45, 2.75) is 13.8 Å². The first-order valence-electron chi connectivity index (χ1n) is 4.26. The first kappa shape index (κ1) is 10.8. The molecule has 0 radical (unpaired) electrons. The van der Waals surface area contributed by atoms with E-state index >= 15 is 0 Å². The standard InChI is InChI=1S/C11H12ClNO/c1-8(9(2)13-14)7-10-3-5-11(12)6-4-10/h3-7,14H,1-2H3/b8-7-,13-9?. The van der Waals surface area contributed by atoms with E-state index in [4.69, 9.17) is 16.8 Å². The van der Waals surface area contributed by atoms with Gasteiger partial charge >= 0.3 is 0 Å². The van der Waals surface area contributed by atoms with Gasteiger partial charge in [-0.25, -0.2) is 0 Å². The molecule has 0 aromatic heterocycles. The van der Waals surface area contributed by atoms with Gasteiger partial charge in [0.2, 0.25) is 0 Å². The third-order valence-corrected chi connectivity index (χ3v) is 2.23. The van der Waals surface area contributed by atoms with E-state index in [1.54, 1.807) is 6.92 Å². The minimum absolute atomic E-state index is 0.611. The Kier molecular flexibility index (Phi) is 3.72. The molecule has 0 aliphatic carbocycles. The van der Waals surface area contributed by atoms with Crippen LogP contribution in [0.2, 0.25) is 5.02 Å². The normalized spacial score (nSPS) is 13.1. The number of hydrogen-bond donors (Lipinski definition) is 1. The minimum Gasteiger partial charge on any atom is -0.411 e. The largest absolute Gasteiger partial charge is 0.411 e. The van der Waals surface area contributed by atoms with Crippen LogP contribution in [-0.4, -0.2) is 10.9 Å². The molecule has 0 unspecified atom stereocenters. The van der Waals surface area contributed by atoms with E-state index in [1.165, 1.54) is 0 Å². The molecule has 0 amide bonds. The van der Waals surface area contributed by atoms with Crippen molar-refractivity contribution >= 4 is 23.4 Å². The molecular formula is C11H12ClNO. The second-order valence-electron chi connectivity index (χ2n) is 3.06. The van der Waals surface area contributed by atoms with E-state index in [9.17, 15) is 0 Å². The average molecular weight is 210 g/mol. The van der Waals surface area contributed by atoms with Crippen molar-refractivity contribution in [2.24, 2.45) is 5.16 Å². The van der Waals surface area contributed by atoms with E-state index in [0.29, 0.717) is 10.7 Å². The lowest BCUT2D eigenvalue weighted by Gasteiger charge is -1.98. The van der Waals surface area contributed by atoms with Crippen LogP contribution in [0.5, 0.6) is 0 Å². The molecule has 3 heteroatoms. The number of hydrogen-bond acceptors (Lipinski definition) is 2. The number of allylic oxidation sites excluding steroid dienone is 1. The van der Waals surface area contributed by atoms with Gasteiger partial charge in [0.1, 0.15) is 0 Å². The van der Waals surface area contributed by atoms with Crippen LogP contribution in [0.15, 0.2) is 35.0 Å². The maximum Gasteiger partial charge on any atom is 0.0794 e. The van der Waals surface area contributed by atoms with Gasteiger partial charge in [0.05, 0.1) is 5.71 Å². The summed E-state index contributed by atoms with van der Waals surface area (Å²) in [4.78, 5) is 0. The average Bonchev–Trinajstić information content (AvgIpc) is 2.20. The quantitative estimate of drug-likeness (QED) is 0.451. The van der Waals surface area contributed by atoms with Gasteiger partial charge < -0.3 is 5.21 Å². The molecule has 0 heterocycles. The predicted molar refractivity (Wildman–Crippen MR) is 60.0 cm³/mol. The van der Waals surface area contributed by atoms with Crippen molar-refractivity contribution in [3.8, 4) is 0 Å². The van der Waals surface area contributed by atoms with Crippen LogP contribution in [0.1, 0.15) is 19.4 Å². The van der Waals surface area contributed by atoms with Gasteiger partial charge in [-0.15, -0.1) is 0 Å². The Morgan fingerprint density at radius 3 is 2.36 bits per heavy atom. The lowest BCUT2D eigenvalue weighted by Crippen LogP contribution is -1.92. The molecule has 2 nitrogen and oxygen atoms in total. The Balaban J connectivity index is 2.92. The highest BCUT2D eigenvalue weighted by Crippen LogP contribution is 2.12. The van der Waals surface area contributed by atoms with Gasteiger partial charge in [-0.1, -0.05) is 35.0 Å². The lowest BCUT2D eigenvalue weighted by atomic mass is 10.1. The number of rotatable bonds is 2. The van der Waals surface area contributed by atoms with E-state index < -0.39 is 0 Å². The van der Waals surface area contributed by atoms with Crippen LogP contribution in [0, 0.1) is 0 Å². The summed E-state index contributed by atoms with van der Waals surface area (Å²) in [6.07, 6.45) is 1.94. The van der Waals surface area contributed by atoms with E-state index in [2.05, 4.69) is 5.16 Å². The predicted octanol–water partition coefficient (Wildman–Crippen LogP) is 3.59. The molecule has 0 aliphatic heterocycles. The molecule has 1 aromatic carbocycles. The summed E-state index contributed by atoms with van der Waals surface area (Å²) in [7, 11) is 0. The van der Waals surface area contributed by atoms with Crippen molar-refractivity contribution in [3.63, 3.8) is 0 Å². The molecule has 1 rings (SSSR count). The molecule has 1 aromatic rings. The fourth-order valence-corrected chi connectivity index (χ4v) is 1.12. The first-order valence-corrected chi connectivity index (χ1v) is 4.64. The zero-order chi connectivity index (χ0) is 10.6. The summed E-state index contributed by atoms with van der Waals surface area (Å²) in [5, 5.41) is 12.4. The maximum atomic E-state index is 8.55. The first-order chi connectivity index (χ1) is 6.63. The fraction of sp³-hybridized carbons (Fsp3) is 0.182. The fourth-order valence-electron chi connectivity index (χ4n) is 0.992. The van der Waals surface area contributed by atoms with Gasteiger partial charge in [0.25, 0.3) is 0 Å². The number of benzene rings is 1. The summed E-state index contributed by atoms with van der Waals surface area (Å²) < 4.78 is 0. The monoisotopic (exact) mass is 209 g/mol. The van der Waals surface area contributed by atoms with Gasteiger partial charge in [-0.05, 0) is 37.1 Å². The van der Waals surface area contributed by atoms with E-state index in [1.807, 2.05) is 37.3 Å². The van der Waals surface area contributed by atoms with Crippen molar-refractivity contribution in [1.82, 2.24) is 0 Å². The summed E-state index contributed by atoms with van der Waals surface area (Å²) in [6.45, 7) is 3.64. The molecule has 0 saturated carbocycles. The minimum atomic E-state index is 0.611. The Morgan fingerprint density at radius 1 is 1.29 bits per heavy atom. The molecular weight excluding hydrogens is 198 g/mol. The smallest absolute Gasteiger partial charge is 0.0794 e. The second-order valence-corrected chi connectivity index (χ2v) is 3.50. The summed E-state index contributed by atoms with van der Waals surface area (Å²) in [5.74, 6) is 0. The van der Waals surface area contributed by atoms with Crippen LogP contribution in [0.4, 0.5) is 0 Å². The molecule has 0 bridgehead atoms. The number of nitrogens with zero attached hydrogens (tertiary/aromatic N) is 1. The van der Waals surface area contributed by atoms with Gasteiger partial charge in [-0.3, -0.25) is 0 Å². The van der Waals surface area contributed by atoms with Crippen LogP contribution >= 0.6 is 11.6 Å². The van der Waals surface area contributed by atoms with E-state index in [0.717, 1.165) is 11.1 Å². The van der Waals surface area contributed by atoms with Crippen molar-refractivity contribution < 1.29 is 5.21 Å². The van der Waals surface area contributed by atoms with Gasteiger partial charge in [0, 0.05) is 5.02 Å². The SMILES string of the molecule is CC(=NO)/C(C)=C\c1ccc(Cl)cc1. The third-order valence-electron chi connectivity index (χ3n) is 1.97. The second kappa shape index (κ2) is 4.82. The van der Waals surface area contributed by atoms with Crippen molar-refractivity contribution in [2.75, 3.05) is 0 Å². The molecule has 0 aliphatic rings. The molecule has 0 spiro atoms. The van der Waals surface area contributed by atoms with Gasteiger partial charge in [-0.2, -0.15) is 0 Å². The third kappa shape index (κ3) is 2.89. The molecule has 1 N–H and O–H groups in total. The summed E-state index contributed by atoms with van der Waals surface area (Å²) in [5.41, 5.74) is 2.57. The highest BCUT2D eigenvalue weighted by atomic mass is 35.5. The Morgan fingerprint density at radius 2 is 1.86 bits per heavy atom. The van der Waals surface area contributed by atoms with Crippen LogP contribution in [-0.2, 0) is 0 Å². The van der Waals surface area contributed by atoms with Crippen LogP contribution in [0.3, 0.4) is 0 Å². The molecule has 14 heavy (non-hydrogen) atoms. The van der Waals surface area contributed by atoms with E-state index in [-0.39, 0.29) is 0 Å². The molecule has 74 valence electrons. The van der Waals surface area contributed by atoms with Crippen LogP contribution in [0.25, 0.3) is 6.08 Å².